The van der Waals surface area contributed by atoms with Gasteiger partial charge in [-0.25, -0.2) is 0 Å². The van der Waals surface area contributed by atoms with Gasteiger partial charge in [0.05, 0.1) is 23.2 Å². The van der Waals surface area contributed by atoms with Crippen LogP contribution in [0, 0.1) is 0 Å². The number of carbonyl (C=O) groups excluding carboxylic acids is 1. The molecular weight excluding hydrogens is 462 g/mol. The highest BCUT2D eigenvalue weighted by atomic mass is 32.2. The van der Waals surface area contributed by atoms with Crippen LogP contribution < -0.4 is 15.6 Å². The molecule has 5 aromatic rings. The third-order valence-electron chi connectivity index (χ3n) is 5.54. The van der Waals surface area contributed by atoms with Crippen LogP contribution in [0.4, 0.5) is 0 Å². The van der Waals surface area contributed by atoms with E-state index in [1.807, 2.05) is 54.6 Å². The number of carbonyl (C=O) groups is 1. The fourth-order valence-corrected chi connectivity index (χ4v) is 4.69. The van der Waals surface area contributed by atoms with Gasteiger partial charge in [0.1, 0.15) is 12.4 Å². The molecule has 9 heteroatoms. The van der Waals surface area contributed by atoms with Crippen molar-refractivity contribution >= 4 is 45.1 Å². The summed E-state index contributed by atoms with van der Waals surface area (Å²) in [7, 11) is 0. The van der Waals surface area contributed by atoms with Gasteiger partial charge in [0.15, 0.2) is 5.16 Å². The summed E-state index contributed by atoms with van der Waals surface area (Å²) in [5.74, 6) is 1.20. The van der Waals surface area contributed by atoms with Gasteiger partial charge < -0.3 is 10.1 Å². The van der Waals surface area contributed by atoms with E-state index in [0.29, 0.717) is 41.5 Å². The molecule has 1 N–H and O–H groups in total. The molecule has 176 valence electrons. The van der Waals surface area contributed by atoms with E-state index in [-0.39, 0.29) is 17.2 Å². The molecule has 0 aliphatic carbocycles. The van der Waals surface area contributed by atoms with E-state index >= 15 is 0 Å². The van der Waals surface area contributed by atoms with Gasteiger partial charge in [-0.05, 0) is 35.0 Å². The Labute approximate surface area is 205 Å². The number of aromatic nitrogens is 4. The molecule has 35 heavy (non-hydrogen) atoms. The molecule has 3 aromatic carbocycles. The number of benzene rings is 3. The minimum atomic E-state index is -0.152. The molecule has 0 atom stereocenters. The number of hydrogen-bond acceptors (Lipinski definition) is 6. The van der Waals surface area contributed by atoms with Crippen LogP contribution in [0.3, 0.4) is 0 Å². The quantitative estimate of drug-likeness (QED) is 0.195. The molecule has 0 aliphatic rings. The van der Waals surface area contributed by atoms with Crippen molar-refractivity contribution in [3.05, 3.63) is 89.7 Å². The molecule has 2 aromatic heterocycles. The van der Waals surface area contributed by atoms with E-state index < -0.39 is 0 Å². The number of hydrogen-bond donors (Lipinski definition) is 1. The summed E-state index contributed by atoms with van der Waals surface area (Å²) >= 11 is 1.26. The van der Waals surface area contributed by atoms with Gasteiger partial charge in [-0.15, -0.1) is 16.8 Å². The smallest absolute Gasteiger partial charge is 0.263 e. The Balaban J connectivity index is 1.22. The molecule has 0 unspecified atom stereocenters. The van der Waals surface area contributed by atoms with Crippen molar-refractivity contribution in [1.82, 2.24) is 24.5 Å². The molecule has 2 heterocycles. The maximum Gasteiger partial charge on any atom is 0.263 e. The van der Waals surface area contributed by atoms with Crippen molar-refractivity contribution in [3.63, 3.8) is 0 Å². The number of rotatable bonds is 9. The number of fused-ring (bicyclic) bond motifs is 4. The molecule has 0 bridgehead atoms. The van der Waals surface area contributed by atoms with Gasteiger partial charge in [-0.1, -0.05) is 60.3 Å². The first-order valence-corrected chi connectivity index (χ1v) is 12.1. The van der Waals surface area contributed by atoms with E-state index in [2.05, 4.69) is 28.2 Å². The summed E-state index contributed by atoms with van der Waals surface area (Å²) in [6.45, 7) is 4.79. The van der Waals surface area contributed by atoms with Crippen LogP contribution >= 0.6 is 11.8 Å². The van der Waals surface area contributed by atoms with E-state index in [0.717, 1.165) is 16.5 Å². The van der Waals surface area contributed by atoms with Gasteiger partial charge in [0.25, 0.3) is 5.56 Å². The highest BCUT2D eigenvalue weighted by molar-refractivity contribution is 7.99. The molecule has 0 radical (unpaired) electrons. The molecule has 0 saturated heterocycles. The van der Waals surface area contributed by atoms with E-state index in [9.17, 15) is 9.59 Å². The molecule has 1 amide bonds. The molecule has 0 saturated carbocycles. The number of ether oxygens (including phenoxy) is 1. The first-order chi connectivity index (χ1) is 17.2. The maximum absolute atomic E-state index is 12.9. The Morgan fingerprint density at radius 3 is 2.71 bits per heavy atom. The van der Waals surface area contributed by atoms with Crippen molar-refractivity contribution in [3.8, 4) is 5.75 Å². The standard InChI is InChI=1S/C26H23N5O3S/c1-2-14-30-24(33)21-9-5-6-10-22(21)31-25(30)28-29-26(31)35-17-23(32)27-13-15-34-20-12-11-18-7-3-4-8-19(18)16-20/h2-12,16H,1,13-15,17H2,(H,27,32). The van der Waals surface area contributed by atoms with Crippen molar-refractivity contribution in [2.24, 2.45) is 0 Å². The monoisotopic (exact) mass is 485 g/mol. The average molecular weight is 486 g/mol. The number of thioether (sulfide) groups is 1. The number of allylic oxidation sites excluding steroid dienone is 1. The second-order valence-corrected chi connectivity index (χ2v) is 8.78. The topological polar surface area (TPSA) is 90.5 Å². The summed E-state index contributed by atoms with van der Waals surface area (Å²) in [6, 6.07) is 21.3. The van der Waals surface area contributed by atoms with Crippen molar-refractivity contribution in [2.75, 3.05) is 18.9 Å². The lowest BCUT2D eigenvalue weighted by Crippen LogP contribution is -2.29. The first-order valence-electron chi connectivity index (χ1n) is 11.1. The SMILES string of the molecule is C=CCn1c(=O)c2ccccc2n2c(SCC(=O)NCCOc3ccc4ccccc4c3)nnc12. The van der Waals surface area contributed by atoms with Crippen LogP contribution in [-0.4, -0.2) is 44.0 Å². The molecule has 0 fully saturated rings. The Morgan fingerprint density at radius 1 is 1.06 bits per heavy atom. The maximum atomic E-state index is 12.9. The van der Waals surface area contributed by atoms with E-state index in [1.54, 1.807) is 16.5 Å². The minimum absolute atomic E-state index is 0.141. The third kappa shape index (κ3) is 4.63. The first kappa shape index (κ1) is 22.7. The minimum Gasteiger partial charge on any atom is -0.492 e. The van der Waals surface area contributed by atoms with Crippen molar-refractivity contribution in [2.45, 2.75) is 11.7 Å². The highest BCUT2D eigenvalue weighted by Gasteiger charge is 2.17. The summed E-state index contributed by atoms with van der Waals surface area (Å²) in [5, 5.41) is 14.7. The number of para-hydroxylation sites is 1. The lowest BCUT2D eigenvalue weighted by molar-refractivity contribution is -0.118. The average Bonchev–Trinajstić information content (AvgIpc) is 3.32. The van der Waals surface area contributed by atoms with Crippen LogP contribution in [0.15, 0.2) is 89.3 Å². The summed E-state index contributed by atoms with van der Waals surface area (Å²) < 4.78 is 9.11. The lowest BCUT2D eigenvalue weighted by atomic mass is 10.1. The van der Waals surface area contributed by atoms with Crippen LogP contribution in [0.25, 0.3) is 27.5 Å². The van der Waals surface area contributed by atoms with Crippen LogP contribution in [-0.2, 0) is 11.3 Å². The van der Waals surface area contributed by atoms with Crippen molar-refractivity contribution in [1.29, 1.82) is 0 Å². The molecule has 0 spiro atoms. The molecule has 0 aliphatic heterocycles. The number of amides is 1. The Kier molecular flexibility index (Phi) is 6.49. The van der Waals surface area contributed by atoms with E-state index in [1.165, 1.54) is 16.3 Å². The van der Waals surface area contributed by atoms with Gasteiger partial charge in [-0.3, -0.25) is 18.6 Å². The van der Waals surface area contributed by atoms with Crippen LogP contribution in [0.5, 0.6) is 5.75 Å². The van der Waals surface area contributed by atoms with E-state index in [4.69, 9.17) is 4.74 Å². The van der Waals surface area contributed by atoms with Gasteiger partial charge in [-0.2, -0.15) is 0 Å². The van der Waals surface area contributed by atoms with Crippen molar-refractivity contribution < 1.29 is 9.53 Å². The second-order valence-electron chi connectivity index (χ2n) is 7.84. The molecular formula is C26H23N5O3S. The zero-order valence-electron chi connectivity index (χ0n) is 18.9. The third-order valence-corrected chi connectivity index (χ3v) is 6.47. The van der Waals surface area contributed by atoms with Crippen LogP contribution in [0.2, 0.25) is 0 Å². The molecule has 5 rings (SSSR count). The predicted molar refractivity (Wildman–Crippen MR) is 138 cm³/mol. The lowest BCUT2D eigenvalue weighted by Gasteiger charge is -2.10. The zero-order chi connectivity index (χ0) is 24.2. The fourth-order valence-electron chi connectivity index (χ4n) is 3.92. The largest absolute Gasteiger partial charge is 0.492 e. The summed E-state index contributed by atoms with van der Waals surface area (Å²) in [6.07, 6.45) is 1.64. The predicted octanol–water partition coefficient (Wildman–Crippen LogP) is 3.67. The normalized spacial score (nSPS) is 11.2. The zero-order valence-corrected chi connectivity index (χ0v) is 19.7. The summed E-state index contributed by atoms with van der Waals surface area (Å²) in [5.41, 5.74) is 0.547. The Morgan fingerprint density at radius 2 is 1.86 bits per heavy atom. The fraction of sp³-hybridized carbons (Fsp3) is 0.154. The number of nitrogens with zero attached hydrogens (tertiary/aromatic N) is 4. The summed E-state index contributed by atoms with van der Waals surface area (Å²) in [4.78, 5) is 25.3. The van der Waals surface area contributed by atoms with Gasteiger partial charge in [0.2, 0.25) is 11.7 Å². The Hall–Kier alpha value is -4.11. The highest BCUT2D eigenvalue weighted by Crippen LogP contribution is 2.22. The van der Waals surface area contributed by atoms with Gasteiger partial charge in [0, 0.05) is 6.54 Å². The van der Waals surface area contributed by atoms with Crippen LogP contribution in [0.1, 0.15) is 0 Å². The Bertz CT molecular complexity index is 1610. The molecule has 8 nitrogen and oxygen atoms in total. The second kappa shape index (κ2) is 10.0. The van der Waals surface area contributed by atoms with Gasteiger partial charge >= 0.3 is 0 Å². The number of nitrogens with one attached hydrogen (secondary N) is 1.